The first-order chi connectivity index (χ1) is 11.1. The van der Waals surface area contributed by atoms with Crippen molar-refractivity contribution in [1.29, 1.82) is 0 Å². The molecule has 0 unspecified atom stereocenters. The van der Waals surface area contributed by atoms with Crippen molar-refractivity contribution in [2.75, 3.05) is 25.4 Å². The highest BCUT2D eigenvalue weighted by Gasteiger charge is 2.32. The van der Waals surface area contributed by atoms with Gasteiger partial charge in [0.25, 0.3) is 0 Å². The zero-order valence-corrected chi connectivity index (χ0v) is 13.3. The Kier molecular flexibility index (Phi) is 4.56. The van der Waals surface area contributed by atoms with E-state index in [2.05, 4.69) is 9.97 Å². The minimum Gasteiger partial charge on any atom is -0.382 e. The average Bonchev–Trinajstić information content (AvgIpc) is 2.56. The number of hydrogen-bond acceptors (Lipinski definition) is 6. The summed E-state index contributed by atoms with van der Waals surface area (Å²) in [5, 5.41) is 0. The summed E-state index contributed by atoms with van der Waals surface area (Å²) in [5.41, 5.74) is 7.05. The Labute approximate surface area is 135 Å². The number of aromatic nitrogens is 2. The third-order valence-electron chi connectivity index (χ3n) is 3.68. The van der Waals surface area contributed by atoms with Crippen molar-refractivity contribution in [3.8, 4) is 0 Å². The third kappa shape index (κ3) is 3.66. The van der Waals surface area contributed by atoms with Crippen molar-refractivity contribution in [3.05, 3.63) is 54.0 Å². The molecular weight excluding hydrogens is 316 g/mol. The van der Waals surface area contributed by atoms with Gasteiger partial charge in [-0.15, -0.1) is 0 Å². The van der Waals surface area contributed by atoms with Gasteiger partial charge in [0.05, 0.1) is 12.4 Å². The molecule has 3 rings (SSSR count). The minimum absolute atomic E-state index is 0.0312. The van der Waals surface area contributed by atoms with Crippen LogP contribution >= 0.6 is 0 Å². The Morgan fingerprint density at radius 2 is 1.96 bits per heavy atom. The van der Waals surface area contributed by atoms with Gasteiger partial charge in [-0.2, -0.15) is 4.31 Å². The van der Waals surface area contributed by atoms with E-state index in [9.17, 15) is 8.42 Å². The number of benzene rings is 1. The molecule has 2 aromatic rings. The van der Waals surface area contributed by atoms with Crippen LogP contribution in [0.25, 0.3) is 0 Å². The van der Waals surface area contributed by atoms with E-state index < -0.39 is 16.1 Å². The lowest BCUT2D eigenvalue weighted by Crippen LogP contribution is -2.43. The van der Waals surface area contributed by atoms with E-state index in [0.717, 1.165) is 5.56 Å². The zero-order valence-electron chi connectivity index (χ0n) is 12.5. The average molecular weight is 334 g/mol. The molecule has 23 heavy (non-hydrogen) atoms. The highest BCUT2D eigenvalue weighted by molar-refractivity contribution is 7.88. The summed E-state index contributed by atoms with van der Waals surface area (Å²) in [4.78, 5) is 8.15. The number of rotatable bonds is 4. The molecule has 0 bridgehead atoms. The highest BCUT2D eigenvalue weighted by Crippen LogP contribution is 2.26. The molecule has 1 atom stereocenters. The van der Waals surface area contributed by atoms with Crippen LogP contribution in [0.1, 0.15) is 17.4 Å². The maximum Gasteiger partial charge on any atom is 0.218 e. The molecule has 0 aliphatic carbocycles. The normalized spacial score (nSPS) is 19.6. The fourth-order valence-electron chi connectivity index (χ4n) is 2.53. The molecule has 1 fully saturated rings. The van der Waals surface area contributed by atoms with Gasteiger partial charge in [-0.05, 0) is 5.56 Å². The fourth-order valence-corrected chi connectivity index (χ4v) is 4.04. The van der Waals surface area contributed by atoms with Crippen molar-refractivity contribution < 1.29 is 13.2 Å². The van der Waals surface area contributed by atoms with Gasteiger partial charge >= 0.3 is 0 Å². The molecule has 2 N–H and O–H groups in total. The van der Waals surface area contributed by atoms with E-state index in [1.807, 2.05) is 18.2 Å². The molecule has 1 aliphatic heterocycles. The van der Waals surface area contributed by atoms with Crippen LogP contribution in [0, 0.1) is 0 Å². The molecule has 0 spiro atoms. The van der Waals surface area contributed by atoms with Crippen LogP contribution in [-0.2, 0) is 20.5 Å². The molecule has 2 heterocycles. The lowest BCUT2D eigenvalue weighted by Gasteiger charge is -2.32. The van der Waals surface area contributed by atoms with Gasteiger partial charge in [-0.1, -0.05) is 30.3 Å². The van der Waals surface area contributed by atoms with Crippen molar-refractivity contribution in [1.82, 2.24) is 14.3 Å². The number of nitrogens with two attached hydrogens (primary N) is 1. The van der Waals surface area contributed by atoms with E-state index in [1.54, 1.807) is 12.1 Å². The molecule has 0 amide bonds. The zero-order chi connectivity index (χ0) is 16.3. The van der Waals surface area contributed by atoms with E-state index >= 15 is 0 Å². The van der Waals surface area contributed by atoms with E-state index in [-0.39, 0.29) is 18.1 Å². The predicted octanol–water partition coefficient (Wildman–Crippen LogP) is 0.962. The van der Waals surface area contributed by atoms with Crippen LogP contribution in [0.2, 0.25) is 0 Å². The fraction of sp³-hybridized carbons (Fsp3) is 0.333. The topological polar surface area (TPSA) is 98.4 Å². The summed E-state index contributed by atoms with van der Waals surface area (Å²) >= 11 is 0. The maximum absolute atomic E-state index is 12.6. The SMILES string of the molecule is Nc1nccnc1[C@@H]1CN(S(=O)(=O)Cc2ccccc2)CCO1. The second kappa shape index (κ2) is 6.61. The van der Waals surface area contributed by atoms with Crippen LogP contribution in [0.15, 0.2) is 42.7 Å². The van der Waals surface area contributed by atoms with Crippen molar-refractivity contribution in [2.45, 2.75) is 11.9 Å². The van der Waals surface area contributed by atoms with Gasteiger partial charge in [-0.3, -0.25) is 4.98 Å². The third-order valence-corrected chi connectivity index (χ3v) is 5.49. The number of hydrogen-bond donors (Lipinski definition) is 1. The van der Waals surface area contributed by atoms with E-state index in [0.29, 0.717) is 18.8 Å². The Balaban J connectivity index is 1.77. The molecule has 1 aromatic heterocycles. The monoisotopic (exact) mass is 334 g/mol. The van der Waals surface area contributed by atoms with Crippen LogP contribution < -0.4 is 5.73 Å². The first-order valence-corrected chi connectivity index (χ1v) is 8.87. The Morgan fingerprint density at radius 1 is 1.22 bits per heavy atom. The first kappa shape index (κ1) is 15.9. The smallest absolute Gasteiger partial charge is 0.218 e. The standard InChI is InChI=1S/C15H18N4O3S/c16-15-14(17-6-7-18-15)13-10-19(8-9-22-13)23(20,21)11-12-4-2-1-3-5-12/h1-7,13H,8-11H2,(H2,16,18)/t13-/m0/s1. The van der Waals surface area contributed by atoms with Gasteiger partial charge in [0, 0.05) is 25.5 Å². The molecule has 1 aliphatic rings. The summed E-state index contributed by atoms with van der Waals surface area (Å²) in [5.74, 6) is 0.232. The Morgan fingerprint density at radius 3 is 2.70 bits per heavy atom. The second-order valence-corrected chi connectivity index (χ2v) is 7.25. The van der Waals surface area contributed by atoms with Gasteiger partial charge in [0.2, 0.25) is 10.0 Å². The van der Waals surface area contributed by atoms with Crippen molar-refractivity contribution in [2.24, 2.45) is 0 Å². The number of anilines is 1. The molecule has 0 radical (unpaired) electrons. The van der Waals surface area contributed by atoms with Crippen molar-refractivity contribution >= 4 is 15.8 Å². The predicted molar refractivity (Wildman–Crippen MR) is 85.8 cm³/mol. The summed E-state index contributed by atoms with van der Waals surface area (Å²) in [7, 11) is -3.43. The van der Waals surface area contributed by atoms with Crippen LogP contribution in [0.3, 0.4) is 0 Å². The lowest BCUT2D eigenvalue weighted by atomic mass is 10.2. The molecule has 7 nitrogen and oxygen atoms in total. The number of morpholine rings is 1. The van der Waals surface area contributed by atoms with Gasteiger partial charge in [0.1, 0.15) is 17.6 Å². The molecular formula is C15H18N4O3S. The Hall–Kier alpha value is -2.03. The maximum atomic E-state index is 12.6. The van der Waals surface area contributed by atoms with Crippen LogP contribution in [0.5, 0.6) is 0 Å². The molecule has 0 saturated carbocycles. The lowest BCUT2D eigenvalue weighted by molar-refractivity contribution is -0.00470. The van der Waals surface area contributed by atoms with Crippen LogP contribution in [-0.4, -0.2) is 42.4 Å². The molecule has 8 heteroatoms. The largest absolute Gasteiger partial charge is 0.382 e. The van der Waals surface area contributed by atoms with Crippen molar-refractivity contribution in [3.63, 3.8) is 0 Å². The second-order valence-electron chi connectivity index (χ2n) is 5.29. The number of sulfonamides is 1. The summed E-state index contributed by atoms with van der Waals surface area (Å²) in [6.07, 6.45) is 2.51. The van der Waals surface area contributed by atoms with E-state index in [1.165, 1.54) is 16.7 Å². The quantitative estimate of drug-likeness (QED) is 0.894. The first-order valence-electron chi connectivity index (χ1n) is 7.26. The molecule has 1 saturated heterocycles. The highest BCUT2D eigenvalue weighted by atomic mass is 32.2. The minimum atomic E-state index is -3.43. The number of nitrogen functional groups attached to an aromatic ring is 1. The molecule has 122 valence electrons. The van der Waals surface area contributed by atoms with Gasteiger partial charge < -0.3 is 10.5 Å². The number of nitrogens with zero attached hydrogens (tertiary/aromatic N) is 3. The summed E-state index contributed by atoms with van der Waals surface area (Å²) in [6.45, 7) is 0.818. The van der Waals surface area contributed by atoms with Gasteiger partial charge in [0.15, 0.2) is 0 Å². The summed E-state index contributed by atoms with van der Waals surface area (Å²) in [6, 6.07) is 9.12. The Bertz CT molecular complexity index is 767. The number of ether oxygens (including phenoxy) is 1. The van der Waals surface area contributed by atoms with E-state index in [4.69, 9.17) is 10.5 Å². The summed E-state index contributed by atoms with van der Waals surface area (Å²) < 4.78 is 32.3. The van der Waals surface area contributed by atoms with Gasteiger partial charge in [-0.25, -0.2) is 13.4 Å². The molecule has 1 aromatic carbocycles. The van der Waals surface area contributed by atoms with Crippen LogP contribution in [0.4, 0.5) is 5.82 Å².